The van der Waals surface area contributed by atoms with Crippen molar-refractivity contribution in [2.45, 2.75) is 6.61 Å². The van der Waals surface area contributed by atoms with Gasteiger partial charge in [-0.2, -0.15) is 5.10 Å². The van der Waals surface area contributed by atoms with Crippen LogP contribution in [0.4, 0.5) is 0 Å². The molecule has 0 saturated heterocycles. The molecule has 1 amide bonds. The van der Waals surface area contributed by atoms with Gasteiger partial charge in [0.05, 0.1) is 11.8 Å². The lowest BCUT2D eigenvalue weighted by atomic mass is 10.2. The number of aromatic nitrogens is 1. The third-order valence-electron chi connectivity index (χ3n) is 3.74. The maximum Gasteiger partial charge on any atom is 0.272 e. The van der Waals surface area contributed by atoms with Crippen LogP contribution in [0, 0.1) is 7.14 Å². The molecule has 3 aromatic rings. The number of nitrogens with one attached hydrogen (secondary N) is 1. The van der Waals surface area contributed by atoms with E-state index in [0.29, 0.717) is 21.4 Å². The fraction of sp³-hybridized carbons (Fsp3) is 0.0500. The van der Waals surface area contributed by atoms with Gasteiger partial charge in [0.15, 0.2) is 0 Å². The fourth-order valence-electron chi connectivity index (χ4n) is 2.29. The fourth-order valence-corrected chi connectivity index (χ4v) is 3.68. The summed E-state index contributed by atoms with van der Waals surface area (Å²) in [7, 11) is 0. The van der Waals surface area contributed by atoms with E-state index in [2.05, 4.69) is 60.7 Å². The standard InChI is InChI=1S/C20H13Cl2I2N3O2/c21-15-4-3-13(16(22)7-15)11-29-19-8-18(24)17(23)6-14(19)10-26-27-20(28)12-2-1-5-25-9-12/h1-10H,11H2,(H,27,28)/b26-10+. The van der Waals surface area contributed by atoms with Crippen LogP contribution in [0.5, 0.6) is 5.75 Å². The van der Waals surface area contributed by atoms with Gasteiger partial charge in [-0.1, -0.05) is 29.3 Å². The van der Waals surface area contributed by atoms with E-state index in [1.807, 2.05) is 18.2 Å². The lowest BCUT2D eigenvalue weighted by molar-refractivity contribution is 0.0954. The second-order valence-electron chi connectivity index (χ2n) is 5.77. The molecule has 0 atom stereocenters. The molecule has 0 aliphatic rings. The molecule has 0 aliphatic carbocycles. The number of carbonyl (C=O) groups is 1. The van der Waals surface area contributed by atoms with Crippen LogP contribution >= 0.6 is 68.4 Å². The topological polar surface area (TPSA) is 63.6 Å². The SMILES string of the molecule is O=C(N/N=C/c1cc(I)c(I)cc1OCc1ccc(Cl)cc1Cl)c1cccnc1. The first-order valence-electron chi connectivity index (χ1n) is 8.23. The molecule has 29 heavy (non-hydrogen) atoms. The van der Waals surface area contributed by atoms with Crippen molar-refractivity contribution >= 4 is 80.5 Å². The molecule has 0 spiro atoms. The lowest BCUT2D eigenvalue weighted by Gasteiger charge is -2.12. The molecule has 0 bridgehead atoms. The number of pyridine rings is 1. The minimum absolute atomic E-state index is 0.273. The summed E-state index contributed by atoms with van der Waals surface area (Å²) in [5.74, 6) is 0.283. The lowest BCUT2D eigenvalue weighted by Crippen LogP contribution is -2.17. The molecule has 1 N–H and O–H groups in total. The largest absolute Gasteiger partial charge is 0.488 e. The highest BCUT2D eigenvalue weighted by molar-refractivity contribution is 14.1. The van der Waals surface area contributed by atoms with E-state index in [1.54, 1.807) is 36.7 Å². The van der Waals surface area contributed by atoms with Crippen LogP contribution in [0.3, 0.4) is 0 Å². The second kappa shape index (κ2) is 10.6. The monoisotopic (exact) mass is 651 g/mol. The Morgan fingerprint density at radius 1 is 1.17 bits per heavy atom. The average molecular weight is 652 g/mol. The Morgan fingerprint density at radius 3 is 2.69 bits per heavy atom. The summed E-state index contributed by atoms with van der Waals surface area (Å²) in [6.45, 7) is 0.273. The molecule has 9 heteroatoms. The molecule has 5 nitrogen and oxygen atoms in total. The Kier molecular flexibility index (Phi) is 8.10. The van der Waals surface area contributed by atoms with Crippen molar-refractivity contribution < 1.29 is 9.53 Å². The zero-order valence-corrected chi connectivity index (χ0v) is 20.5. The van der Waals surface area contributed by atoms with Crippen molar-refractivity contribution in [1.29, 1.82) is 0 Å². The Bertz CT molecular complexity index is 1060. The number of rotatable bonds is 6. The van der Waals surface area contributed by atoms with Crippen LogP contribution in [0.25, 0.3) is 0 Å². The van der Waals surface area contributed by atoms with Gasteiger partial charge in [-0.05, 0) is 81.6 Å². The molecule has 0 aliphatic heterocycles. The maximum absolute atomic E-state index is 12.1. The zero-order valence-electron chi connectivity index (χ0n) is 14.7. The molecule has 0 saturated carbocycles. The Balaban J connectivity index is 1.75. The van der Waals surface area contributed by atoms with Crippen molar-refractivity contribution in [3.05, 3.63) is 88.7 Å². The summed E-state index contributed by atoms with van der Waals surface area (Å²) in [4.78, 5) is 16.0. The van der Waals surface area contributed by atoms with E-state index in [-0.39, 0.29) is 12.5 Å². The van der Waals surface area contributed by atoms with Crippen LogP contribution in [0.2, 0.25) is 10.0 Å². The molecule has 2 aromatic carbocycles. The number of hydrogen-bond donors (Lipinski definition) is 1. The van der Waals surface area contributed by atoms with Crippen LogP contribution in [0.15, 0.2) is 60.0 Å². The number of hydrazone groups is 1. The Morgan fingerprint density at radius 2 is 1.97 bits per heavy atom. The van der Waals surface area contributed by atoms with E-state index in [0.717, 1.165) is 18.3 Å². The summed E-state index contributed by atoms with van der Waals surface area (Å²) in [6.07, 6.45) is 4.62. The predicted molar refractivity (Wildman–Crippen MR) is 132 cm³/mol. The third kappa shape index (κ3) is 6.27. The molecule has 0 fully saturated rings. The first-order chi connectivity index (χ1) is 13.9. The summed E-state index contributed by atoms with van der Waals surface area (Å²) in [5.41, 5.74) is 4.46. The Labute approximate surface area is 205 Å². The molecular formula is C20H13Cl2I2N3O2. The summed E-state index contributed by atoms with van der Waals surface area (Å²) < 4.78 is 8.05. The summed E-state index contributed by atoms with van der Waals surface area (Å²) in [5, 5.41) is 5.16. The van der Waals surface area contributed by atoms with Crippen molar-refractivity contribution in [1.82, 2.24) is 10.4 Å². The van der Waals surface area contributed by atoms with Gasteiger partial charge in [0.25, 0.3) is 5.91 Å². The number of nitrogens with zero attached hydrogens (tertiary/aromatic N) is 2. The minimum Gasteiger partial charge on any atom is -0.488 e. The van der Waals surface area contributed by atoms with Crippen molar-refractivity contribution in [3.8, 4) is 5.75 Å². The van der Waals surface area contributed by atoms with Gasteiger partial charge in [0, 0.05) is 40.7 Å². The number of carbonyl (C=O) groups excluding carboxylic acids is 1. The molecule has 0 unspecified atom stereocenters. The highest BCUT2D eigenvalue weighted by Gasteiger charge is 2.10. The molecule has 0 radical (unpaired) electrons. The zero-order chi connectivity index (χ0) is 20.8. The molecule has 3 rings (SSSR count). The highest BCUT2D eigenvalue weighted by Crippen LogP contribution is 2.28. The number of benzene rings is 2. The van der Waals surface area contributed by atoms with Crippen molar-refractivity contribution in [2.75, 3.05) is 0 Å². The summed E-state index contributed by atoms with van der Waals surface area (Å²) >= 11 is 16.6. The van der Waals surface area contributed by atoms with Crippen molar-refractivity contribution in [3.63, 3.8) is 0 Å². The van der Waals surface area contributed by atoms with Crippen LogP contribution < -0.4 is 10.2 Å². The maximum atomic E-state index is 12.1. The summed E-state index contributed by atoms with van der Waals surface area (Å²) in [6, 6.07) is 12.5. The van der Waals surface area contributed by atoms with E-state index in [4.69, 9.17) is 27.9 Å². The predicted octanol–water partition coefficient (Wildman–Crippen LogP) is 5.94. The molecule has 1 heterocycles. The van der Waals surface area contributed by atoms with E-state index >= 15 is 0 Å². The first kappa shape index (κ1) is 22.3. The van der Waals surface area contributed by atoms with E-state index < -0.39 is 0 Å². The number of ether oxygens (including phenoxy) is 1. The normalized spacial score (nSPS) is 10.9. The molecule has 148 valence electrons. The van der Waals surface area contributed by atoms with Gasteiger partial charge in [-0.25, -0.2) is 5.43 Å². The van der Waals surface area contributed by atoms with Gasteiger partial charge in [-0.15, -0.1) is 0 Å². The second-order valence-corrected chi connectivity index (χ2v) is 8.94. The number of halogens is 4. The molecular weight excluding hydrogens is 639 g/mol. The van der Waals surface area contributed by atoms with Gasteiger partial charge >= 0.3 is 0 Å². The van der Waals surface area contributed by atoms with E-state index in [1.165, 1.54) is 6.20 Å². The highest BCUT2D eigenvalue weighted by atomic mass is 127. The van der Waals surface area contributed by atoms with Gasteiger partial charge in [-0.3, -0.25) is 9.78 Å². The third-order valence-corrected chi connectivity index (χ3v) is 7.15. The molecule has 1 aromatic heterocycles. The Hall–Kier alpha value is -1.43. The quantitative estimate of drug-likeness (QED) is 0.204. The van der Waals surface area contributed by atoms with Gasteiger partial charge in [0.1, 0.15) is 12.4 Å². The van der Waals surface area contributed by atoms with Gasteiger partial charge in [0.2, 0.25) is 0 Å². The first-order valence-corrected chi connectivity index (χ1v) is 11.1. The number of hydrogen-bond acceptors (Lipinski definition) is 4. The van der Waals surface area contributed by atoms with Crippen LogP contribution in [-0.4, -0.2) is 17.1 Å². The van der Waals surface area contributed by atoms with Crippen LogP contribution in [-0.2, 0) is 6.61 Å². The smallest absolute Gasteiger partial charge is 0.272 e. The number of amides is 1. The van der Waals surface area contributed by atoms with E-state index in [9.17, 15) is 4.79 Å². The average Bonchev–Trinajstić information content (AvgIpc) is 2.71. The van der Waals surface area contributed by atoms with Gasteiger partial charge < -0.3 is 4.74 Å². The van der Waals surface area contributed by atoms with Crippen molar-refractivity contribution in [2.24, 2.45) is 5.10 Å². The van der Waals surface area contributed by atoms with Crippen LogP contribution in [0.1, 0.15) is 21.5 Å². The minimum atomic E-state index is -0.343.